The van der Waals surface area contributed by atoms with Crippen molar-refractivity contribution < 1.29 is 14.3 Å². The van der Waals surface area contributed by atoms with Gasteiger partial charge in [-0.2, -0.15) is 0 Å². The number of amides is 1. The van der Waals surface area contributed by atoms with E-state index in [1.807, 2.05) is 45.2 Å². The molecule has 0 spiro atoms. The molecule has 24 heavy (non-hydrogen) atoms. The Hall–Kier alpha value is -2.14. The Morgan fingerprint density at radius 3 is 2.12 bits per heavy atom. The lowest BCUT2D eigenvalue weighted by atomic mass is 9.90. The number of carbonyl (C=O) groups excluding carboxylic acids is 2. The fourth-order valence-corrected chi connectivity index (χ4v) is 3.30. The van der Waals surface area contributed by atoms with Gasteiger partial charge in [0, 0.05) is 4.88 Å². The Morgan fingerprint density at radius 2 is 1.58 bits per heavy atom. The Balaban J connectivity index is 2.01. The van der Waals surface area contributed by atoms with E-state index in [0.29, 0.717) is 12.1 Å². The molecule has 0 fully saturated rings. The van der Waals surface area contributed by atoms with Crippen LogP contribution in [0.5, 0.6) is 0 Å². The van der Waals surface area contributed by atoms with Crippen LogP contribution in [0.25, 0.3) is 0 Å². The summed E-state index contributed by atoms with van der Waals surface area (Å²) >= 11 is 1.57. The molecule has 0 aliphatic heterocycles. The zero-order valence-electron chi connectivity index (χ0n) is 14.8. The third kappa shape index (κ3) is 3.85. The van der Waals surface area contributed by atoms with Crippen molar-refractivity contribution in [2.45, 2.75) is 41.2 Å². The topological polar surface area (TPSA) is 55.4 Å². The third-order valence-corrected chi connectivity index (χ3v) is 5.45. The maximum atomic E-state index is 12.4. The predicted molar refractivity (Wildman–Crippen MR) is 96.6 cm³/mol. The van der Waals surface area contributed by atoms with Crippen LogP contribution >= 0.6 is 11.3 Å². The van der Waals surface area contributed by atoms with Crippen molar-refractivity contribution in [1.82, 2.24) is 5.32 Å². The Morgan fingerprint density at radius 1 is 1.00 bits per heavy atom. The molecule has 0 atom stereocenters. The van der Waals surface area contributed by atoms with Crippen molar-refractivity contribution in [2.24, 2.45) is 0 Å². The predicted octanol–water partition coefficient (Wildman–Crippen LogP) is 3.76. The van der Waals surface area contributed by atoms with Crippen molar-refractivity contribution in [3.8, 4) is 0 Å². The van der Waals surface area contributed by atoms with Gasteiger partial charge in [0.05, 0.1) is 12.1 Å². The van der Waals surface area contributed by atoms with Gasteiger partial charge in [-0.1, -0.05) is 6.07 Å². The van der Waals surface area contributed by atoms with Crippen molar-refractivity contribution in [3.05, 3.63) is 55.8 Å². The molecule has 0 saturated carbocycles. The number of nitrogens with one attached hydrogen (secondary N) is 1. The molecule has 0 saturated heterocycles. The van der Waals surface area contributed by atoms with Gasteiger partial charge in [0.25, 0.3) is 5.91 Å². The van der Waals surface area contributed by atoms with Crippen molar-refractivity contribution in [2.75, 3.05) is 6.61 Å². The van der Waals surface area contributed by atoms with Gasteiger partial charge in [-0.15, -0.1) is 11.3 Å². The van der Waals surface area contributed by atoms with Gasteiger partial charge in [-0.3, -0.25) is 4.79 Å². The maximum Gasteiger partial charge on any atom is 0.339 e. The molecule has 2 rings (SSSR count). The molecule has 4 nitrogen and oxygen atoms in total. The molecule has 0 unspecified atom stereocenters. The van der Waals surface area contributed by atoms with E-state index in [2.05, 4.69) is 12.2 Å². The molecule has 1 amide bonds. The first kappa shape index (κ1) is 18.2. The first-order valence-electron chi connectivity index (χ1n) is 7.86. The molecular formula is C19H23NO3S. The van der Waals surface area contributed by atoms with Crippen LogP contribution in [0, 0.1) is 34.6 Å². The molecule has 1 heterocycles. The van der Waals surface area contributed by atoms with E-state index in [1.54, 1.807) is 11.3 Å². The van der Waals surface area contributed by atoms with Gasteiger partial charge in [0.1, 0.15) is 0 Å². The average Bonchev–Trinajstić information content (AvgIpc) is 3.08. The lowest BCUT2D eigenvalue weighted by Gasteiger charge is -2.17. The molecule has 0 radical (unpaired) electrons. The van der Waals surface area contributed by atoms with Gasteiger partial charge in [0.15, 0.2) is 6.61 Å². The lowest BCUT2D eigenvalue weighted by molar-refractivity contribution is -0.124. The molecular weight excluding hydrogens is 322 g/mol. The Labute approximate surface area is 146 Å². The SMILES string of the molecule is Cc1c(C)c(C)c(C(=O)OCC(=O)NCc2cccs2)c(C)c1C. The van der Waals surface area contributed by atoms with Crippen LogP contribution in [0.2, 0.25) is 0 Å². The smallest absolute Gasteiger partial charge is 0.339 e. The fourth-order valence-electron chi connectivity index (χ4n) is 2.66. The van der Waals surface area contributed by atoms with Crippen LogP contribution in [-0.2, 0) is 16.1 Å². The monoisotopic (exact) mass is 345 g/mol. The van der Waals surface area contributed by atoms with Crippen LogP contribution in [0.3, 0.4) is 0 Å². The second kappa shape index (κ2) is 7.62. The number of thiophene rings is 1. The molecule has 128 valence electrons. The zero-order chi connectivity index (χ0) is 17.9. The summed E-state index contributed by atoms with van der Waals surface area (Å²) < 4.78 is 5.22. The second-order valence-electron chi connectivity index (χ2n) is 5.93. The maximum absolute atomic E-state index is 12.4. The summed E-state index contributed by atoms with van der Waals surface area (Å²) in [5.74, 6) is -0.741. The first-order chi connectivity index (χ1) is 11.3. The molecule has 0 aliphatic rings. The minimum atomic E-state index is -0.442. The van der Waals surface area contributed by atoms with Crippen molar-refractivity contribution in [1.29, 1.82) is 0 Å². The number of ether oxygens (including phenoxy) is 1. The summed E-state index contributed by atoms with van der Waals surface area (Å²) in [4.78, 5) is 25.3. The van der Waals surface area contributed by atoms with Crippen LogP contribution in [-0.4, -0.2) is 18.5 Å². The standard InChI is InChI=1S/C19H23NO3S/c1-11-12(2)14(4)18(15(5)13(11)3)19(22)23-10-17(21)20-9-16-7-6-8-24-16/h6-8H,9-10H2,1-5H3,(H,20,21). The summed E-state index contributed by atoms with van der Waals surface area (Å²) in [7, 11) is 0. The number of hydrogen-bond donors (Lipinski definition) is 1. The minimum Gasteiger partial charge on any atom is -0.452 e. The van der Waals surface area contributed by atoms with Crippen LogP contribution in [0.15, 0.2) is 17.5 Å². The largest absolute Gasteiger partial charge is 0.452 e. The number of esters is 1. The molecule has 1 aromatic heterocycles. The third-order valence-electron chi connectivity index (χ3n) is 4.58. The van der Waals surface area contributed by atoms with Crippen molar-refractivity contribution in [3.63, 3.8) is 0 Å². The summed E-state index contributed by atoms with van der Waals surface area (Å²) in [6.07, 6.45) is 0. The highest BCUT2D eigenvalue weighted by Crippen LogP contribution is 2.26. The molecule has 0 aliphatic carbocycles. The summed E-state index contributed by atoms with van der Waals surface area (Å²) in [6.45, 7) is 10.1. The van der Waals surface area contributed by atoms with Crippen molar-refractivity contribution >= 4 is 23.2 Å². The van der Waals surface area contributed by atoms with Gasteiger partial charge in [0.2, 0.25) is 0 Å². The second-order valence-corrected chi connectivity index (χ2v) is 6.96. The number of hydrogen-bond acceptors (Lipinski definition) is 4. The van der Waals surface area contributed by atoms with Gasteiger partial charge < -0.3 is 10.1 Å². The van der Waals surface area contributed by atoms with Crippen LogP contribution in [0.4, 0.5) is 0 Å². The number of benzene rings is 1. The van der Waals surface area contributed by atoms with Gasteiger partial charge in [-0.05, 0) is 73.9 Å². The van der Waals surface area contributed by atoms with E-state index in [1.165, 1.54) is 5.56 Å². The van der Waals surface area contributed by atoms with Crippen LogP contribution in [0.1, 0.15) is 43.1 Å². The van der Waals surface area contributed by atoms with E-state index in [9.17, 15) is 9.59 Å². The highest BCUT2D eigenvalue weighted by molar-refractivity contribution is 7.09. The molecule has 1 aromatic carbocycles. The Kier molecular flexibility index (Phi) is 5.78. The van der Waals surface area contributed by atoms with E-state index < -0.39 is 5.97 Å². The summed E-state index contributed by atoms with van der Waals surface area (Å²) in [6, 6.07) is 3.88. The quantitative estimate of drug-likeness (QED) is 0.840. The molecule has 2 aromatic rings. The van der Waals surface area contributed by atoms with E-state index >= 15 is 0 Å². The number of rotatable bonds is 5. The Bertz CT molecular complexity index is 734. The highest BCUT2D eigenvalue weighted by Gasteiger charge is 2.20. The van der Waals surface area contributed by atoms with E-state index in [4.69, 9.17) is 4.74 Å². The summed E-state index contributed by atoms with van der Waals surface area (Å²) in [5.41, 5.74) is 5.77. The molecule has 0 bridgehead atoms. The average molecular weight is 345 g/mol. The lowest BCUT2D eigenvalue weighted by Crippen LogP contribution is -2.28. The highest BCUT2D eigenvalue weighted by atomic mass is 32.1. The van der Waals surface area contributed by atoms with Gasteiger partial charge in [-0.25, -0.2) is 4.79 Å². The minimum absolute atomic E-state index is 0.269. The van der Waals surface area contributed by atoms with E-state index in [-0.39, 0.29) is 12.5 Å². The van der Waals surface area contributed by atoms with E-state index in [0.717, 1.165) is 27.1 Å². The normalized spacial score (nSPS) is 10.5. The van der Waals surface area contributed by atoms with Crippen LogP contribution < -0.4 is 5.32 Å². The first-order valence-corrected chi connectivity index (χ1v) is 8.74. The fraction of sp³-hybridized carbons (Fsp3) is 0.368. The molecule has 1 N–H and O–H groups in total. The number of carbonyl (C=O) groups is 2. The zero-order valence-corrected chi connectivity index (χ0v) is 15.6. The van der Waals surface area contributed by atoms with Gasteiger partial charge >= 0.3 is 5.97 Å². The molecule has 5 heteroatoms. The summed E-state index contributed by atoms with van der Waals surface area (Å²) in [5, 5.41) is 4.70.